The molecule has 3 aliphatic rings. The van der Waals surface area contributed by atoms with Gasteiger partial charge >= 0.3 is 13.2 Å². The molecule has 3 aliphatic heterocycles. The van der Waals surface area contributed by atoms with Gasteiger partial charge in [-0.2, -0.15) is 0 Å². The zero-order valence-corrected chi connectivity index (χ0v) is 22.1. The lowest BCUT2D eigenvalue weighted by molar-refractivity contribution is 0.00578. The predicted molar refractivity (Wildman–Crippen MR) is 136 cm³/mol. The van der Waals surface area contributed by atoms with Crippen LogP contribution in [0.3, 0.4) is 0 Å². The van der Waals surface area contributed by atoms with Crippen LogP contribution in [-0.4, -0.2) is 64.6 Å². The predicted octanol–water partition coefficient (Wildman–Crippen LogP) is 4.33. The molecule has 190 valence electrons. The van der Waals surface area contributed by atoms with Crippen molar-refractivity contribution in [1.29, 1.82) is 0 Å². The van der Waals surface area contributed by atoms with E-state index >= 15 is 0 Å². The second-order valence-electron chi connectivity index (χ2n) is 11.3. The molecule has 1 N–H and O–H groups in total. The van der Waals surface area contributed by atoms with Crippen LogP contribution in [0.15, 0.2) is 24.5 Å². The topological polar surface area (TPSA) is 85.9 Å². The molecule has 0 spiro atoms. The van der Waals surface area contributed by atoms with Gasteiger partial charge in [-0.1, -0.05) is 6.07 Å². The SMILES string of the molecule is CC(C)(C)OC(=O)N1CCCC1.CC1(C)OB(c2ccc3c(c2)OCCc2[nH]cnc2-3)OC1(C)C. The van der Waals surface area contributed by atoms with E-state index in [4.69, 9.17) is 18.8 Å². The van der Waals surface area contributed by atoms with E-state index in [1.165, 1.54) is 0 Å². The van der Waals surface area contributed by atoms with Crippen LogP contribution in [0.1, 0.15) is 67.0 Å². The van der Waals surface area contributed by atoms with Crippen molar-refractivity contribution in [2.24, 2.45) is 0 Å². The molecule has 0 aliphatic carbocycles. The Morgan fingerprint density at radius 1 is 1.11 bits per heavy atom. The second kappa shape index (κ2) is 9.50. The van der Waals surface area contributed by atoms with Gasteiger partial charge in [0.2, 0.25) is 0 Å². The minimum absolute atomic E-state index is 0.167. The number of likely N-dealkylation sites (tertiary alicyclic amines) is 1. The van der Waals surface area contributed by atoms with Crippen LogP contribution in [0.5, 0.6) is 5.75 Å². The molecule has 2 aromatic rings. The number of benzene rings is 1. The molecular weight excluding hydrogens is 445 g/mol. The van der Waals surface area contributed by atoms with Crippen LogP contribution in [0, 0.1) is 0 Å². The molecule has 2 saturated heterocycles. The van der Waals surface area contributed by atoms with Gasteiger partial charge in [0, 0.05) is 30.8 Å². The van der Waals surface area contributed by atoms with E-state index in [2.05, 4.69) is 37.7 Å². The van der Waals surface area contributed by atoms with E-state index in [1.54, 1.807) is 11.2 Å². The maximum Gasteiger partial charge on any atom is 0.494 e. The highest BCUT2D eigenvalue weighted by atomic mass is 16.7. The lowest BCUT2D eigenvalue weighted by Crippen LogP contribution is -2.41. The van der Waals surface area contributed by atoms with Crippen LogP contribution < -0.4 is 10.2 Å². The maximum atomic E-state index is 11.4. The van der Waals surface area contributed by atoms with Gasteiger partial charge in [-0.05, 0) is 78.9 Å². The first-order valence-corrected chi connectivity index (χ1v) is 12.5. The third-order valence-electron chi connectivity index (χ3n) is 6.87. The van der Waals surface area contributed by atoms with E-state index in [0.29, 0.717) is 6.61 Å². The van der Waals surface area contributed by atoms with E-state index in [9.17, 15) is 4.79 Å². The fourth-order valence-corrected chi connectivity index (χ4v) is 4.21. The summed E-state index contributed by atoms with van der Waals surface area (Å²) >= 11 is 0. The molecule has 1 aromatic heterocycles. The van der Waals surface area contributed by atoms with Gasteiger partial charge in [0.25, 0.3) is 0 Å². The minimum Gasteiger partial charge on any atom is -0.492 e. The van der Waals surface area contributed by atoms with Gasteiger partial charge in [0.15, 0.2) is 0 Å². The first kappa shape index (κ1) is 25.6. The number of fused-ring (bicyclic) bond motifs is 3. The maximum absolute atomic E-state index is 11.4. The van der Waals surface area contributed by atoms with Gasteiger partial charge in [-0.25, -0.2) is 9.78 Å². The first-order valence-electron chi connectivity index (χ1n) is 12.5. The highest BCUT2D eigenvalue weighted by Gasteiger charge is 2.51. The van der Waals surface area contributed by atoms with Gasteiger partial charge in [-0.3, -0.25) is 0 Å². The summed E-state index contributed by atoms with van der Waals surface area (Å²) in [4.78, 5) is 20.8. The summed E-state index contributed by atoms with van der Waals surface area (Å²) in [5.74, 6) is 0.836. The Kier molecular flexibility index (Phi) is 6.94. The lowest BCUT2D eigenvalue weighted by Gasteiger charge is -2.32. The second-order valence-corrected chi connectivity index (χ2v) is 11.3. The minimum atomic E-state index is -0.379. The largest absolute Gasteiger partial charge is 0.494 e. The number of hydrogen-bond acceptors (Lipinski definition) is 6. The number of H-pyrrole nitrogens is 1. The van der Waals surface area contributed by atoms with E-state index in [-0.39, 0.29) is 30.0 Å². The third-order valence-corrected chi connectivity index (χ3v) is 6.87. The third kappa shape index (κ3) is 5.67. The van der Waals surface area contributed by atoms with Crippen molar-refractivity contribution in [3.63, 3.8) is 0 Å². The number of aromatic nitrogens is 2. The highest BCUT2D eigenvalue weighted by Crippen LogP contribution is 2.38. The molecule has 1 amide bonds. The van der Waals surface area contributed by atoms with Crippen molar-refractivity contribution in [2.45, 2.75) is 84.5 Å². The number of carbonyl (C=O) groups is 1. The summed E-state index contributed by atoms with van der Waals surface area (Å²) in [6.07, 6.45) is 4.62. The summed E-state index contributed by atoms with van der Waals surface area (Å²) in [6, 6.07) is 6.09. The molecule has 0 unspecified atom stereocenters. The Morgan fingerprint density at radius 3 is 2.40 bits per heavy atom. The molecule has 5 rings (SSSR count). The summed E-state index contributed by atoms with van der Waals surface area (Å²) in [6.45, 7) is 16.2. The average molecular weight is 483 g/mol. The van der Waals surface area contributed by atoms with E-state index < -0.39 is 0 Å². The number of ether oxygens (including phenoxy) is 2. The number of nitrogens with zero attached hydrogens (tertiary/aromatic N) is 2. The van der Waals surface area contributed by atoms with Gasteiger partial charge in [0.05, 0.1) is 29.8 Å². The Balaban J connectivity index is 0.000000204. The average Bonchev–Trinajstić information content (AvgIpc) is 3.46. The number of imidazole rings is 1. The van der Waals surface area contributed by atoms with Crippen LogP contribution >= 0.6 is 0 Å². The Labute approximate surface area is 208 Å². The fraction of sp³-hybridized carbons (Fsp3) is 0.615. The number of hydrogen-bond donors (Lipinski definition) is 1. The van der Waals surface area contributed by atoms with Crippen LogP contribution in [0.2, 0.25) is 0 Å². The van der Waals surface area contributed by atoms with Crippen LogP contribution in [0.4, 0.5) is 4.79 Å². The first-order chi connectivity index (χ1) is 16.4. The number of carbonyl (C=O) groups excluding carboxylic acids is 1. The molecule has 0 saturated carbocycles. The normalized spacial score (nSPS) is 20.2. The smallest absolute Gasteiger partial charge is 0.492 e. The Bertz CT molecular complexity index is 1040. The van der Waals surface area contributed by atoms with Crippen molar-refractivity contribution in [3.05, 3.63) is 30.2 Å². The van der Waals surface area contributed by atoms with Crippen molar-refractivity contribution in [1.82, 2.24) is 14.9 Å². The molecule has 9 heteroatoms. The van der Waals surface area contributed by atoms with Gasteiger partial charge in [0.1, 0.15) is 11.4 Å². The molecule has 1 aromatic carbocycles. The number of nitrogens with one attached hydrogen (secondary N) is 1. The molecule has 8 nitrogen and oxygen atoms in total. The lowest BCUT2D eigenvalue weighted by atomic mass is 9.78. The zero-order chi connectivity index (χ0) is 25.4. The fourth-order valence-electron chi connectivity index (χ4n) is 4.21. The zero-order valence-electron chi connectivity index (χ0n) is 22.1. The molecule has 0 atom stereocenters. The van der Waals surface area contributed by atoms with Crippen LogP contribution in [0.25, 0.3) is 11.3 Å². The van der Waals surface area contributed by atoms with Crippen molar-refractivity contribution in [3.8, 4) is 17.0 Å². The molecular formula is C26H38BN3O5. The molecule has 35 heavy (non-hydrogen) atoms. The highest BCUT2D eigenvalue weighted by molar-refractivity contribution is 6.62. The van der Waals surface area contributed by atoms with Gasteiger partial charge < -0.3 is 28.7 Å². The summed E-state index contributed by atoms with van der Waals surface area (Å²) in [5, 5.41) is 0. The number of rotatable bonds is 1. The van der Waals surface area contributed by atoms with Crippen molar-refractivity contribution in [2.75, 3.05) is 19.7 Å². The Hall–Kier alpha value is -2.52. The quantitative estimate of drug-likeness (QED) is 0.608. The standard InChI is InChI=1S/C17H21BN2O3.C9H17NO2/c1-16(2)17(3,4)23-18(22-16)11-5-6-12-14(9-11)21-8-7-13-15(12)20-10-19-13;1-9(2,3)12-8(11)10-6-4-5-7-10/h5-6,9-10H,7-8H2,1-4H3,(H,19,20);4-7H2,1-3H3. The van der Waals surface area contributed by atoms with E-state index in [1.807, 2.05) is 39.0 Å². The molecule has 0 bridgehead atoms. The van der Waals surface area contributed by atoms with Crippen LogP contribution in [-0.2, 0) is 20.5 Å². The number of amides is 1. The van der Waals surface area contributed by atoms with E-state index in [0.717, 1.165) is 60.5 Å². The van der Waals surface area contributed by atoms with Crippen molar-refractivity contribution >= 4 is 18.7 Å². The Morgan fingerprint density at radius 2 is 1.77 bits per heavy atom. The summed E-state index contributed by atoms with van der Waals surface area (Å²) in [7, 11) is -0.379. The van der Waals surface area contributed by atoms with Gasteiger partial charge in [-0.15, -0.1) is 0 Å². The summed E-state index contributed by atoms with van der Waals surface area (Å²) < 4.78 is 23.4. The monoisotopic (exact) mass is 483 g/mol. The number of aromatic amines is 1. The molecule has 2 fully saturated rings. The summed E-state index contributed by atoms with van der Waals surface area (Å²) in [5.41, 5.74) is 3.02. The molecule has 0 radical (unpaired) electrons. The molecule has 4 heterocycles. The van der Waals surface area contributed by atoms with Crippen molar-refractivity contribution < 1.29 is 23.6 Å².